The molecular formula is C15H25NO2. The van der Waals surface area contributed by atoms with Crippen LogP contribution in [0.25, 0.3) is 0 Å². The van der Waals surface area contributed by atoms with Crippen molar-refractivity contribution in [1.82, 2.24) is 5.32 Å². The topological polar surface area (TPSA) is 30.5 Å². The SMILES string of the molecule is COC(C)(C)CNCc1cccc(OC(C)C)c1. The number of rotatable bonds is 7. The maximum absolute atomic E-state index is 5.67. The highest BCUT2D eigenvalue weighted by molar-refractivity contribution is 5.28. The summed E-state index contributed by atoms with van der Waals surface area (Å²) >= 11 is 0. The van der Waals surface area contributed by atoms with Gasteiger partial charge in [-0.3, -0.25) is 0 Å². The normalized spacial score (nSPS) is 11.9. The van der Waals surface area contributed by atoms with Crippen LogP contribution in [0.5, 0.6) is 5.75 Å². The van der Waals surface area contributed by atoms with Gasteiger partial charge in [-0.25, -0.2) is 0 Å². The van der Waals surface area contributed by atoms with Gasteiger partial charge in [0, 0.05) is 20.2 Å². The molecule has 0 heterocycles. The molecule has 1 aromatic rings. The molecule has 0 aliphatic heterocycles. The van der Waals surface area contributed by atoms with E-state index in [-0.39, 0.29) is 11.7 Å². The Bertz CT molecular complexity index is 361. The summed E-state index contributed by atoms with van der Waals surface area (Å²) in [5.74, 6) is 0.926. The van der Waals surface area contributed by atoms with Gasteiger partial charge in [0.05, 0.1) is 11.7 Å². The van der Waals surface area contributed by atoms with Crippen LogP contribution >= 0.6 is 0 Å². The van der Waals surface area contributed by atoms with E-state index in [1.807, 2.05) is 26.0 Å². The zero-order valence-electron chi connectivity index (χ0n) is 12.1. The lowest BCUT2D eigenvalue weighted by molar-refractivity contribution is 0.0230. The fourth-order valence-corrected chi connectivity index (χ4v) is 1.58. The van der Waals surface area contributed by atoms with Gasteiger partial charge in [0.1, 0.15) is 5.75 Å². The highest BCUT2D eigenvalue weighted by Crippen LogP contribution is 2.15. The van der Waals surface area contributed by atoms with Gasteiger partial charge >= 0.3 is 0 Å². The van der Waals surface area contributed by atoms with Gasteiger partial charge in [-0.15, -0.1) is 0 Å². The van der Waals surface area contributed by atoms with E-state index < -0.39 is 0 Å². The van der Waals surface area contributed by atoms with Crippen LogP contribution in [-0.4, -0.2) is 25.4 Å². The van der Waals surface area contributed by atoms with Crippen molar-refractivity contribution in [3.8, 4) is 5.75 Å². The summed E-state index contributed by atoms with van der Waals surface area (Å²) in [6.45, 7) is 9.84. The quantitative estimate of drug-likeness (QED) is 0.808. The molecule has 1 N–H and O–H groups in total. The zero-order valence-corrected chi connectivity index (χ0v) is 12.1. The summed E-state index contributed by atoms with van der Waals surface area (Å²) in [7, 11) is 1.73. The maximum atomic E-state index is 5.67. The summed E-state index contributed by atoms with van der Waals surface area (Å²) in [5, 5.41) is 3.39. The van der Waals surface area contributed by atoms with Crippen LogP contribution in [-0.2, 0) is 11.3 Å². The van der Waals surface area contributed by atoms with Crippen LogP contribution < -0.4 is 10.1 Å². The monoisotopic (exact) mass is 251 g/mol. The van der Waals surface area contributed by atoms with Gasteiger partial charge < -0.3 is 14.8 Å². The Morgan fingerprint density at radius 1 is 1.28 bits per heavy atom. The predicted molar refractivity (Wildman–Crippen MR) is 75.0 cm³/mol. The Balaban J connectivity index is 2.47. The minimum Gasteiger partial charge on any atom is -0.491 e. The summed E-state index contributed by atoms with van der Waals surface area (Å²) < 4.78 is 11.0. The molecule has 0 unspecified atom stereocenters. The molecule has 0 saturated carbocycles. The Hall–Kier alpha value is -1.06. The molecule has 0 aliphatic carbocycles. The van der Waals surface area contributed by atoms with Crippen molar-refractivity contribution in [3.05, 3.63) is 29.8 Å². The molecule has 1 rings (SSSR count). The van der Waals surface area contributed by atoms with Crippen molar-refractivity contribution in [2.45, 2.75) is 45.9 Å². The van der Waals surface area contributed by atoms with Crippen LogP contribution in [0, 0.1) is 0 Å². The van der Waals surface area contributed by atoms with Crippen LogP contribution in [0.4, 0.5) is 0 Å². The molecule has 0 fully saturated rings. The van der Waals surface area contributed by atoms with Crippen molar-refractivity contribution in [2.75, 3.05) is 13.7 Å². The summed E-state index contributed by atoms with van der Waals surface area (Å²) in [5.41, 5.74) is 1.09. The molecule has 3 heteroatoms. The fourth-order valence-electron chi connectivity index (χ4n) is 1.58. The van der Waals surface area contributed by atoms with Gasteiger partial charge in [-0.1, -0.05) is 12.1 Å². The Morgan fingerprint density at radius 3 is 2.61 bits per heavy atom. The number of ether oxygens (including phenoxy) is 2. The van der Waals surface area contributed by atoms with E-state index in [1.165, 1.54) is 5.56 Å². The second-order valence-corrected chi connectivity index (χ2v) is 5.38. The molecule has 0 aromatic heterocycles. The number of benzene rings is 1. The fraction of sp³-hybridized carbons (Fsp3) is 0.600. The molecular weight excluding hydrogens is 226 g/mol. The van der Waals surface area contributed by atoms with Gasteiger partial charge in [0.25, 0.3) is 0 Å². The van der Waals surface area contributed by atoms with Gasteiger partial charge in [-0.05, 0) is 45.4 Å². The molecule has 0 spiro atoms. The van der Waals surface area contributed by atoms with E-state index in [9.17, 15) is 0 Å². The molecule has 102 valence electrons. The van der Waals surface area contributed by atoms with E-state index >= 15 is 0 Å². The smallest absolute Gasteiger partial charge is 0.120 e. The summed E-state index contributed by atoms with van der Waals surface area (Å²) in [4.78, 5) is 0. The lowest BCUT2D eigenvalue weighted by Gasteiger charge is -2.23. The zero-order chi connectivity index (χ0) is 13.6. The second-order valence-electron chi connectivity index (χ2n) is 5.38. The standard InChI is InChI=1S/C15H25NO2/c1-12(2)18-14-8-6-7-13(9-14)10-16-11-15(3,4)17-5/h6-9,12,16H,10-11H2,1-5H3. The molecule has 0 bridgehead atoms. The second kappa shape index (κ2) is 6.76. The van der Waals surface area contributed by atoms with E-state index in [4.69, 9.17) is 9.47 Å². The number of nitrogens with one attached hydrogen (secondary N) is 1. The number of hydrogen-bond donors (Lipinski definition) is 1. The molecule has 0 aliphatic rings. The predicted octanol–water partition coefficient (Wildman–Crippen LogP) is 2.99. The lowest BCUT2D eigenvalue weighted by Crippen LogP contribution is -2.36. The van der Waals surface area contributed by atoms with Crippen molar-refractivity contribution >= 4 is 0 Å². The van der Waals surface area contributed by atoms with E-state index in [0.29, 0.717) is 0 Å². The lowest BCUT2D eigenvalue weighted by atomic mass is 10.1. The molecule has 0 radical (unpaired) electrons. The van der Waals surface area contributed by atoms with Crippen LogP contribution in [0.15, 0.2) is 24.3 Å². The van der Waals surface area contributed by atoms with Crippen LogP contribution in [0.2, 0.25) is 0 Å². The Labute approximate surface area is 110 Å². The Kier molecular flexibility index (Phi) is 5.63. The molecule has 0 amide bonds. The third-order valence-corrected chi connectivity index (χ3v) is 2.70. The van der Waals surface area contributed by atoms with Crippen LogP contribution in [0.1, 0.15) is 33.3 Å². The largest absolute Gasteiger partial charge is 0.491 e. The molecule has 3 nitrogen and oxygen atoms in total. The third kappa shape index (κ3) is 5.52. The molecule has 18 heavy (non-hydrogen) atoms. The van der Waals surface area contributed by atoms with E-state index in [2.05, 4.69) is 31.3 Å². The van der Waals surface area contributed by atoms with Crippen molar-refractivity contribution in [3.63, 3.8) is 0 Å². The van der Waals surface area contributed by atoms with Crippen LogP contribution in [0.3, 0.4) is 0 Å². The van der Waals surface area contributed by atoms with Gasteiger partial charge in [-0.2, -0.15) is 0 Å². The Morgan fingerprint density at radius 2 is 2.00 bits per heavy atom. The molecule has 0 saturated heterocycles. The van der Waals surface area contributed by atoms with Crippen molar-refractivity contribution in [1.29, 1.82) is 0 Å². The molecule has 0 atom stereocenters. The first-order valence-corrected chi connectivity index (χ1v) is 6.44. The third-order valence-electron chi connectivity index (χ3n) is 2.70. The first-order valence-electron chi connectivity index (χ1n) is 6.44. The minimum absolute atomic E-state index is 0.133. The highest BCUT2D eigenvalue weighted by Gasteiger charge is 2.14. The van der Waals surface area contributed by atoms with Gasteiger partial charge in [0.2, 0.25) is 0 Å². The van der Waals surface area contributed by atoms with Gasteiger partial charge in [0.15, 0.2) is 0 Å². The average Bonchev–Trinajstić information content (AvgIpc) is 2.28. The van der Waals surface area contributed by atoms with Crippen molar-refractivity contribution < 1.29 is 9.47 Å². The van der Waals surface area contributed by atoms with E-state index in [1.54, 1.807) is 7.11 Å². The van der Waals surface area contributed by atoms with Crippen molar-refractivity contribution in [2.24, 2.45) is 0 Å². The maximum Gasteiger partial charge on any atom is 0.120 e. The first kappa shape index (κ1) is 15.0. The van der Waals surface area contributed by atoms with E-state index in [0.717, 1.165) is 18.8 Å². The summed E-state index contributed by atoms with van der Waals surface area (Å²) in [6, 6.07) is 8.19. The molecule has 1 aromatic carbocycles. The number of hydrogen-bond acceptors (Lipinski definition) is 3. The average molecular weight is 251 g/mol. The number of methoxy groups -OCH3 is 1. The first-order chi connectivity index (χ1) is 8.43. The highest BCUT2D eigenvalue weighted by atomic mass is 16.5. The summed E-state index contributed by atoms with van der Waals surface area (Å²) in [6.07, 6.45) is 0.209. The minimum atomic E-state index is -0.133.